The Labute approximate surface area is 143 Å². The standard InChI is InChI=1S/C19H15BrFNO/c20-19-17(22-16-11-9-15(21)10-12-16)7-4-8-18(19)23-13-14-5-2-1-3-6-14/h1-12,22H,13H2. The second-order valence-electron chi connectivity index (χ2n) is 5.02. The zero-order chi connectivity index (χ0) is 16.1. The average Bonchev–Trinajstić information content (AvgIpc) is 2.58. The van der Waals surface area contributed by atoms with E-state index in [-0.39, 0.29) is 5.82 Å². The van der Waals surface area contributed by atoms with Gasteiger partial charge in [0.05, 0.1) is 10.2 Å². The van der Waals surface area contributed by atoms with Crippen LogP contribution < -0.4 is 10.1 Å². The molecule has 0 unspecified atom stereocenters. The molecule has 0 amide bonds. The van der Waals surface area contributed by atoms with Gasteiger partial charge in [0, 0.05) is 5.69 Å². The first kappa shape index (κ1) is 15.6. The lowest BCUT2D eigenvalue weighted by Crippen LogP contribution is -1.98. The van der Waals surface area contributed by atoms with E-state index in [0.29, 0.717) is 6.61 Å². The summed E-state index contributed by atoms with van der Waals surface area (Å²) in [5.41, 5.74) is 2.78. The monoisotopic (exact) mass is 371 g/mol. The Balaban J connectivity index is 1.74. The first-order valence-electron chi connectivity index (χ1n) is 7.20. The SMILES string of the molecule is Fc1ccc(Nc2cccc(OCc3ccccc3)c2Br)cc1. The van der Waals surface area contributed by atoms with Gasteiger partial charge in [0.2, 0.25) is 0 Å². The van der Waals surface area contributed by atoms with Gasteiger partial charge >= 0.3 is 0 Å². The number of hydrogen-bond donors (Lipinski definition) is 1. The van der Waals surface area contributed by atoms with Crippen molar-refractivity contribution in [1.82, 2.24) is 0 Å². The van der Waals surface area contributed by atoms with Crippen molar-refractivity contribution in [3.05, 3.63) is 88.6 Å². The van der Waals surface area contributed by atoms with Crippen LogP contribution in [0.1, 0.15) is 5.56 Å². The average molecular weight is 372 g/mol. The van der Waals surface area contributed by atoms with Crippen molar-refractivity contribution in [3.8, 4) is 5.75 Å². The lowest BCUT2D eigenvalue weighted by atomic mass is 10.2. The van der Waals surface area contributed by atoms with E-state index in [9.17, 15) is 4.39 Å². The van der Waals surface area contributed by atoms with Gasteiger partial charge in [0.25, 0.3) is 0 Å². The van der Waals surface area contributed by atoms with Crippen LogP contribution in [0, 0.1) is 5.82 Å². The van der Waals surface area contributed by atoms with Gasteiger partial charge in [-0.15, -0.1) is 0 Å². The van der Waals surface area contributed by atoms with Crippen molar-refractivity contribution >= 4 is 27.3 Å². The van der Waals surface area contributed by atoms with Crippen molar-refractivity contribution in [2.45, 2.75) is 6.61 Å². The zero-order valence-corrected chi connectivity index (χ0v) is 13.9. The molecule has 1 N–H and O–H groups in total. The molecule has 0 aromatic heterocycles. The maximum atomic E-state index is 13.0. The van der Waals surface area contributed by atoms with Crippen LogP contribution in [-0.2, 0) is 6.61 Å². The third kappa shape index (κ3) is 4.11. The molecular formula is C19H15BrFNO. The summed E-state index contributed by atoms with van der Waals surface area (Å²) in [6, 6.07) is 22.0. The van der Waals surface area contributed by atoms with Gasteiger partial charge in [-0.2, -0.15) is 0 Å². The second-order valence-corrected chi connectivity index (χ2v) is 5.82. The highest BCUT2D eigenvalue weighted by atomic mass is 79.9. The molecule has 3 aromatic carbocycles. The first-order valence-corrected chi connectivity index (χ1v) is 7.99. The van der Waals surface area contributed by atoms with Crippen molar-refractivity contribution in [2.24, 2.45) is 0 Å². The van der Waals surface area contributed by atoms with E-state index in [0.717, 1.165) is 27.2 Å². The molecule has 0 saturated carbocycles. The highest BCUT2D eigenvalue weighted by Crippen LogP contribution is 2.34. The Morgan fingerprint density at radius 1 is 0.870 bits per heavy atom. The molecule has 2 nitrogen and oxygen atoms in total. The maximum absolute atomic E-state index is 13.0. The Bertz CT molecular complexity index is 775. The number of anilines is 2. The number of ether oxygens (including phenoxy) is 1. The summed E-state index contributed by atoms with van der Waals surface area (Å²) >= 11 is 3.57. The normalized spacial score (nSPS) is 10.3. The van der Waals surface area contributed by atoms with Crippen LogP contribution in [0.4, 0.5) is 15.8 Å². The number of rotatable bonds is 5. The minimum atomic E-state index is -0.255. The molecule has 0 spiro atoms. The number of halogens is 2. The Kier molecular flexibility index (Phi) is 4.93. The Morgan fingerprint density at radius 2 is 1.61 bits per heavy atom. The highest BCUT2D eigenvalue weighted by molar-refractivity contribution is 9.10. The molecule has 0 saturated heterocycles. The van der Waals surface area contributed by atoms with Crippen LogP contribution in [0.3, 0.4) is 0 Å². The summed E-state index contributed by atoms with van der Waals surface area (Å²) in [6.45, 7) is 0.499. The molecule has 0 heterocycles. The maximum Gasteiger partial charge on any atom is 0.136 e. The molecule has 3 rings (SSSR count). The molecule has 116 valence electrons. The van der Waals surface area contributed by atoms with E-state index >= 15 is 0 Å². The Hall–Kier alpha value is -2.33. The fourth-order valence-electron chi connectivity index (χ4n) is 2.14. The van der Waals surface area contributed by atoms with Crippen molar-refractivity contribution < 1.29 is 9.13 Å². The largest absolute Gasteiger partial charge is 0.488 e. The molecule has 4 heteroatoms. The summed E-state index contributed by atoms with van der Waals surface area (Å²) in [5.74, 6) is 0.496. The molecule has 23 heavy (non-hydrogen) atoms. The quantitative estimate of drug-likeness (QED) is 0.601. The summed E-state index contributed by atoms with van der Waals surface area (Å²) < 4.78 is 19.7. The van der Waals surface area contributed by atoms with Crippen molar-refractivity contribution in [3.63, 3.8) is 0 Å². The predicted octanol–water partition coefficient (Wildman–Crippen LogP) is 5.91. The molecule has 3 aromatic rings. The van der Waals surface area contributed by atoms with Gasteiger partial charge in [-0.3, -0.25) is 0 Å². The van der Waals surface area contributed by atoms with Gasteiger partial charge in [-0.05, 0) is 57.9 Å². The van der Waals surface area contributed by atoms with Gasteiger partial charge in [0.1, 0.15) is 18.2 Å². The second kappa shape index (κ2) is 7.29. The first-order chi connectivity index (χ1) is 11.2. The highest BCUT2D eigenvalue weighted by Gasteiger charge is 2.07. The summed E-state index contributed by atoms with van der Waals surface area (Å²) in [4.78, 5) is 0. The molecule has 0 aliphatic carbocycles. The molecule has 0 fully saturated rings. The summed E-state index contributed by atoms with van der Waals surface area (Å²) in [7, 11) is 0. The van der Waals surface area contributed by atoms with E-state index in [1.54, 1.807) is 12.1 Å². The van der Waals surface area contributed by atoms with Gasteiger partial charge in [0.15, 0.2) is 0 Å². The smallest absolute Gasteiger partial charge is 0.136 e. The number of nitrogens with one attached hydrogen (secondary N) is 1. The summed E-state index contributed by atoms with van der Waals surface area (Å²) in [6.07, 6.45) is 0. The Morgan fingerprint density at radius 3 is 2.35 bits per heavy atom. The van der Waals surface area contributed by atoms with E-state index < -0.39 is 0 Å². The van der Waals surface area contributed by atoms with Crippen LogP contribution in [0.15, 0.2) is 77.3 Å². The van der Waals surface area contributed by atoms with E-state index in [4.69, 9.17) is 4.74 Å². The van der Waals surface area contributed by atoms with Crippen molar-refractivity contribution in [1.29, 1.82) is 0 Å². The van der Waals surface area contributed by atoms with E-state index in [1.165, 1.54) is 12.1 Å². The molecule has 0 bridgehead atoms. The van der Waals surface area contributed by atoms with E-state index in [1.807, 2.05) is 48.5 Å². The topological polar surface area (TPSA) is 21.3 Å². The molecule has 0 radical (unpaired) electrons. The van der Waals surface area contributed by atoms with Gasteiger partial charge in [-0.25, -0.2) is 4.39 Å². The predicted molar refractivity (Wildman–Crippen MR) is 94.6 cm³/mol. The van der Waals surface area contributed by atoms with Gasteiger partial charge < -0.3 is 10.1 Å². The van der Waals surface area contributed by atoms with Crippen LogP contribution >= 0.6 is 15.9 Å². The van der Waals surface area contributed by atoms with Crippen LogP contribution in [0.2, 0.25) is 0 Å². The molecular weight excluding hydrogens is 357 g/mol. The van der Waals surface area contributed by atoms with Crippen LogP contribution in [0.25, 0.3) is 0 Å². The number of benzene rings is 3. The minimum absolute atomic E-state index is 0.255. The lowest BCUT2D eigenvalue weighted by Gasteiger charge is -2.13. The minimum Gasteiger partial charge on any atom is -0.488 e. The summed E-state index contributed by atoms with van der Waals surface area (Å²) in [5, 5.41) is 3.24. The number of hydrogen-bond acceptors (Lipinski definition) is 2. The lowest BCUT2D eigenvalue weighted by molar-refractivity contribution is 0.304. The van der Waals surface area contributed by atoms with Crippen LogP contribution in [0.5, 0.6) is 5.75 Å². The van der Waals surface area contributed by atoms with Gasteiger partial charge in [-0.1, -0.05) is 36.4 Å². The third-order valence-electron chi connectivity index (χ3n) is 3.32. The molecule has 0 aliphatic heterocycles. The molecule has 0 aliphatic rings. The van der Waals surface area contributed by atoms with E-state index in [2.05, 4.69) is 21.2 Å². The third-order valence-corrected chi connectivity index (χ3v) is 4.14. The van der Waals surface area contributed by atoms with Crippen molar-refractivity contribution in [2.75, 3.05) is 5.32 Å². The molecule has 0 atom stereocenters. The van der Waals surface area contributed by atoms with Crippen LogP contribution in [-0.4, -0.2) is 0 Å². The fraction of sp³-hybridized carbons (Fsp3) is 0.0526. The fourth-order valence-corrected chi connectivity index (χ4v) is 2.62. The zero-order valence-electron chi connectivity index (χ0n) is 12.3.